The van der Waals surface area contributed by atoms with Gasteiger partial charge < -0.3 is 9.88 Å². The van der Waals surface area contributed by atoms with Gasteiger partial charge in [0.1, 0.15) is 0 Å². The summed E-state index contributed by atoms with van der Waals surface area (Å²) in [6, 6.07) is 8.03. The van der Waals surface area contributed by atoms with Crippen LogP contribution in [0.4, 0.5) is 0 Å². The van der Waals surface area contributed by atoms with Gasteiger partial charge in [0.05, 0.1) is 16.3 Å². The molecule has 0 aliphatic rings. The van der Waals surface area contributed by atoms with Gasteiger partial charge in [-0.1, -0.05) is 30.0 Å². The van der Waals surface area contributed by atoms with Gasteiger partial charge in [0, 0.05) is 13.1 Å². The molecule has 0 aliphatic heterocycles. The van der Waals surface area contributed by atoms with Crippen LogP contribution in [-0.4, -0.2) is 27.3 Å². The minimum absolute atomic E-state index is 0.00427. The fourth-order valence-electron chi connectivity index (χ4n) is 1.98. The van der Waals surface area contributed by atoms with Crippen molar-refractivity contribution in [2.75, 3.05) is 6.54 Å². The molecule has 5 heteroatoms. The van der Waals surface area contributed by atoms with Crippen LogP contribution < -0.4 is 5.32 Å². The summed E-state index contributed by atoms with van der Waals surface area (Å²) in [5.41, 5.74) is 2.08. The van der Waals surface area contributed by atoms with Crippen LogP contribution in [0.2, 0.25) is 0 Å². The number of carbonyl (C=O) groups is 1. The summed E-state index contributed by atoms with van der Waals surface area (Å²) in [6.45, 7) is 8.90. The molecule has 1 unspecified atom stereocenters. The van der Waals surface area contributed by atoms with E-state index < -0.39 is 0 Å². The number of carbonyl (C=O) groups excluding carboxylic acids is 1. The molecule has 2 rings (SSSR count). The molecule has 1 atom stereocenters. The summed E-state index contributed by atoms with van der Waals surface area (Å²) in [4.78, 5) is 16.5. The predicted molar refractivity (Wildman–Crippen MR) is 83.9 cm³/mol. The highest BCUT2D eigenvalue weighted by atomic mass is 32.2. The number of nitrogens with zero attached hydrogens (tertiary/aromatic N) is 2. The lowest BCUT2D eigenvalue weighted by Crippen LogP contribution is -2.31. The molecule has 0 spiro atoms. The molecule has 2 aromatic rings. The normalized spacial score (nSPS) is 12.3. The number of benzene rings is 1. The van der Waals surface area contributed by atoms with Gasteiger partial charge in [-0.05, 0) is 26.0 Å². The summed E-state index contributed by atoms with van der Waals surface area (Å²) in [5.74, 6) is 0.00427. The molecule has 1 aromatic carbocycles. The first kappa shape index (κ1) is 14.7. The molecular weight excluding hydrogens is 270 g/mol. The van der Waals surface area contributed by atoms with E-state index in [2.05, 4.69) is 34.4 Å². The van der Waals surface area contributed by atoms with Gasteiger partial charge in [-0.25, -0.2) is 4.98 Å². The number of imidazole rings is 1. The molecule has 0 saturated heterocycles. The summed E-state index contributed by atoms with van der Waals surface area (Å²) in [7, 11) is 0. The van der Waals surface area contributed by atoms with E-state index in [0.29, 0.717) is 6.54 Å². The van der Waals surface area contributed by atoms with Crippen LogP contribution >= 0.6 is 11.8 Å². The summed E-state index contributed by atoms with van der Waals surface area (Å²) < 4.78 is 2.14. The van der Waals surface area contributed by atoms with E-state index in [4.69, 9.17) is 0 Å². The van der Waals surface area contributed by atoms with Crippen LogP contribution in [0.3, 0.4) is 0 Å². The lowest BCUT2D eigenvalue weighted by molar-refractivity contribution is -0.120. The second-order valence-corrected chi connectivity index (χ2v) is 5.73. The van der Waals surface area contributed by atoms with Crippen molar-refractivity contribution in [3.05, 3.63) is 36.9 Å². The summed E-state index contributed by atoms with van der Waals surface area (Å²) in [6.07, 6.45) is 1.68. The van der Waals surface area contributed by atoms with Crippen LogP contribution in [0.25, 0.3) is 11.0 Å². The zero-order valence-electron chi connectivity index (χ0n) is 11.8. The van der Waals surface area contributed by atoms with Crippen molar-refractivity contribution in [1.82, 2.24) is 14.9 Å². The fourth-order valence-corrected chi connectivity index (χ4v) is 2.99. The van der Waals surface area contributed by atoms with Gasteiger partial charge in [-0.2, -0.15) is 0 Å². The van der Waals surface area contributed by atoms with Crippen molar-refractivity contribution in [3.63, 3.8) is 0 Å². The molecule has 20 heavy (non-hydrogen) atoms. The minimum atomic E-state index is -0.183. The fraction of sp³-hybridized carbons (Fsp3) is 0.333. The van der Waals surface area contributed by atoms with Crippen LogP contribution in [0, 0.1) is 0 Å². The Morgan fingerprint density at radius 1 is 1.55 bits per heavy atom. The molecule has 1 heterocycles. The van der Waals surface area contributed by atoms with Gasteiger partial charge >= 0.3 is 0 Å². The van der Waals surface area contributed by atoms with E-state index in [9.17, 15) is 4.79 Å². The number of thioether (sulfide) groups is 1. The summed E-state index contributed by atoms with van der Waals surface area (Å²) in [5, 5.41) is 3.51. The van der Waals surface area contributed by atoms with E-state index >= 15 is 0 Å². The van der Waals surface area contributed by atoms with E-state index in [-0.39, 0.29) is 11.2 Å². The summed E-state index contributed by atoms with van der Waals surface area (Å²) >= 11 is 1.48. The smallest absolute Gasteiger partial charge is 0.233 e. The first-order valence-electron chi connectivity index (χ1n) is 6.68. The molecule has 0 bridgehead atoms. The third-order valence-corrected chi connectivity index (χ3v) is 4.10. The van der Waals surface area contributed by atoms with Crippen LogP contribution in [0.5, 0.6) is 0 Å². The Labute approximate surface area is 123 Å². The van der Waals surface area contributed by atoms with Gasteiger partial charge in [0.25, 0.3) is 0 Å². The number of hydrogen-bond donors (Lipinski definition) is 1. The second kappa shape index (κ2) is 6.61. The molecule has 1 amide bonds. The Kier molecular flexibility index (Phi) is 4.84. The van der Waals surface area contributed by atoms with E-state index in [0.717, 1.165) is 22.7 Å². The Balaban J connectivity index is 2.20. The SMILES string of the molecule is C=CCNC(=O)C(C)Sc1nc2ccccc2n1CC. The number of para-hydroxylation sites is 2. The van der Waals surface area contributed by atoms with Crippen LogP contribution in [0.1, 0.15) is 13.8 Å². The van der Waals surface area contributed by atoms with Crippen LogP contribution in [-0.2, 0) is 11.3 Å². The molecule has 0 fully saturated rings. The first-order valence-corrected chi connectivity index (χ1v) is 7.55. The number of aromatic nitrogens is 2. The van der Waals surface area contributed by atoms with Crippen molar-refractivity contribution >= 4 is 28.7 Å². The van der Waals surface area contributed by atoms with Crippen molar-refractivity contribution in [2.24, 2.45) is 0 Å². The van der Waals surface area contributed by atoms with Crippen molar-refractivity contribution < 1.29 is 4.79 Å². The van der Waals surface area contributed by atoms with Gasteiger partial charge in [-0.3, -0.25) is 4.79 Å². The Morgan fingerprint density at radius 3 is 3.00 bits per heavy atom. The number of fused-ring (bicyclic) bond motifs is 1. The monoisotopic (exact) mass is 289 g/mol. The molecule has 1 aromatic heterocycles. The maximum absolute atomic E-state index is 11.9. The molecule has 0 radical (unpaired) electrons. The molecule has 1 N–H and O–H groups in total. The van der Waals surface area contributed by atoms with E-state index in [1.54, 1.807) is 6.08 Å². The highest BCUT2D eigenvalue weighted by Gasteiger charge is 2.18. The minimum Gasteiger partial charge on any atom is -0.352 e. The third-order valence-electron chi connectivity index (χ3n) is 3.01. The van der Waals surface area contributed by atoms with E-state index in [1.807, 2.05) is 25.1 Å². The third kappa shape index (κ3) is 3.04. The Morgan fingerprint density at radius 2 is 2.30 bits per heavy atom. The van der Waals surface area contributed by atoms with Gasteiger partial charge in [0.15, 0.2) is 5.16 Å². The average Bonchev–Trinajstić information content (AvgIpc) is 2.81. The quantitative estimate of drug-likeness (QED) is 0.657. The molecule has 106 valence electrons. The molecule has 0 saturated carbocycles. The zero-order chi connectivity index (χ0) is 14.5. The number of nitrogens with one attached hydrogen (secondary N) is 1. The zero-order valence-corrected chi connectivity index (χ0v) is 12.6. The van der Waals surface area contributed by atoms with Crippen molar-refractivity contribution in [3.8, 4) is 0 Å². The highest BCUT2D eigenvalue weighted by molar-refractivity contribution is 8.00. The second-order valence-electron chi connectivity index (χ2n) is 4.42. The molecule has 4 nitrogen and oxygen atoms in total. The Hall–Kier alpha value is -1.75. The van der Waals surface area contributed by atoms with E-state index in [1.165, 1.54) is 11.8 Å². The number of hydrogen-bond acceptors (Lipinski definition) is 3. The maximum Gasteiger partial charge on any atom is 0.233 e. The lowest BCUT2D eigenvalue weighted by atomic mass is 10.3. The average molecular weight is 289 g/mol. The van der Waals surface area contributed by atoms with Gasteiger partial charge in [0.2, 0.25) is 5.91 Å². The Bertz CT molecular complexity index is 621. The maximum atomic E-state index is 11.9. The van der Waals surface area contributed by atoms with Gasteiger partial charge in [-0.15, -0.1) is 6.58 Å². The van der Waals surface area contributed by atoms with Crippen LogP contribution in [0.15, 0.2) is 42.1 Å². The lowest BCUT2D eigenvalue weighted by Gasteiger charge is -2.11. The standard InChI is InChI=1S/C15H19N3OS/c1-4-10-16-14(19)11(3)20-15-17-12-8-6-7-9-13(12)18(15)5-2/h4,6-9,11H,1,5,10H2,2-3H3,(H,16,19). The number of rotatable bonds is 6. The van der Waals surface area contributed by atoms with Crippen molar-refractivity contribution in [2.45, 2.75) is 30.8 Å². The first-order chi connectivity index (χ1) is 9.67. The molecular formula is C15H19N3OS. The predicted octanol–water partition coefficient (Wildman–Crippen LogP) is 2.84. The topological polar surface area (TPSA) is 46.9 Å². The number of aryl methyl sites for hydroxylation is 1. The molecule has 0 aliphatic carbocycles. The number of amides is 1. The largest absolute Gasteiger partial charge is 0.352 e. The highest BCUT2D eigenvalue weighted by Crippen LogP contribution is 2.27. The van der Waals surface area contributed by atoms with Crippen molar-refractivity contribution in [1.29, 1.82) is 0 Å².